The number of benzene rings is 1. The molecule has 0 radical (unpaired) electrons. The van der Waals surface area contributed by atoms with Crippen molar-refractivity contribution < 1.29 is 19.4 Å². The highest BCUT2D eigenvalue weighted by molar-refractivity contribution is 9.12. The van der Waals surface area contributed by atoms with Gasteiger partial charge in [-0.3, -0.25) is 19.1 Å². The normalized spacial score (nSPS) is 17.0. The Labute approximate surface area is 160 Å². The molecule has 1 unspecified atom stereocenters. The minimum Gasteiger partial charge on any atom is -0.351 e. The summed E-state index contributed by atoms with van der Waals surface area (Å²) >= 11 is 3.25. The van der Waals surface area contributed by atoms with Crippen molar-refractivity contribution >= 4 is 44.2 Å². The van der Waals surface area contributed by atoms with Gasteiger partial charge < -0.3 is 9.84 Å². The van der Waals surface area contributed by atoms with E-state index in [0.29, 0.717) is 11.1 Å². The summed E-state index contributed by atoms with van der Waals surface area (Å²) in [7, 11) is 1.45. The Morgan fingerprint density at radius 2 is 1.85 bits per heavy atom. The summed E-state index contributed by atoms with van der Waals surface area (Å²) in [6.07, 6.45) is 0.430. The van der Waals surface area contributed by atoms with Crippen LogP contribution in [0.15, 0.2) is 28.9 Å². The van der Waals surface area contributed by atoms with E-state index in [-0.39, 0.29) is 21.9 Å². The Bertz CT molecular complexity index is 952. The maximum absolute atomic E-state index is 12.6. The zero-order valence-corrected chi connectivity index (χ0v) is 16.9. The summed E-state index contributed by atoms with van der Waals surface area (Å²) in [5.41, 5.74) is 2.03. The van der Waals surface area contributed by atoms with E-state index in [2.05, 4.69) is 15.9 Å². The smallest absolute Gasteiger partial charge is 0.268 e. The lowest BCUT2D eigenvalue weighted by Crippen LogP contribution is -2.26. The largest absolute Gasteiger partial charge is 0.351 e. The lowest BCUT2D eigenvalue weighted by atomic mass is 10.0. The summed E-state index contributed by atoms with van der Waals surface area (Å²) in [5.74, 6) is -0.765. The second-order valence-corrected chi connectivity index (χ2v) is 8.18. The summed E-state index contributed by atoms with van der Waals surface area (Å²) < 4.78 is 7.45. The minimum absolute atomic E-state index is 0.219. The van der Waals surface area contributed by atoms with Crippen LogP contribution in [-0.2, 0) is 14.3 Å². The number of amides is 2. The van der Waals surface area contributed by atoms with Crippen LogP contribution in [0.1, 0.15) is 38.3 Å². The first-order valence-electron chi connectivity index (χ1n) is 8.21. The van der Waals surface area contributed by atoms with Crippen molar-refractivity contribution in [2.24, 2.45) is 0 Å². The van der Waals surface area contributed by atoms with Gasteiger partial charge in [-0.1, -0.05) is 11.6 Å². The SMILES string of the molecule is Cc1ccc2c(c1)c(C1=C(Br)C(=O)N(C)C1=O)cn2C(O)OC(C)(C)C. The number of imide groups is 1. The zero-order chi connectivity index (χ0) is 19.4. The highest BCUT2D eigenvalue weighted by Crippen LogP contribution is 2.38. The van der Waals surface area contributed by atoms with Gasteiger partial charge >= 0.3 is 0 Å². The first-order valence-corrected chi connectivity index (χ1v) is 9.00. The fourth-order valence-electron chi connectivity index (χ4n) is 2.97. The average Bonchev–Trinajstić information content (AvgIpc) is 2.98. The van der Waals surface area contributed by atoms with Crippen molar-refractivity contribution in [2.75, 3.05) is 7.05 Å². The lowest BCUT2D eigenvalue weighted by Gasteiger charge is -2.25. The molecule has 1 aliphatic rings. The van der Waals surface area contributed by atoms with Crippen LogP contribution < -0.4 is 0 Å². The molecule has 3 rings (SSSR count). The van der Waals surface area contributed by atoms with Crippen molar-refractivity contribution in [3.63, 3.8) is 0 Å². The van der Waals surface area contributed by atoms with Gasteiger partial charge in [0.05, 0.1) is 21.2 Å². The molecule has 0 fully saturated rings. The van der Waals surface area contributed by atoms with E-state index in [0.717, 1.165) is 15.8 Å². The number of carbonyl (C=O) groups is 2. The molecule has 1 atom stereocenters. The van der Waals surface area contributed by atoms with Crippen LogP contribution in [-0.4, -0.2) is 39.0 Å². The maximum Gasteiger partial charge on any atom is 0.268 e. The number of fused-ring (bicyclic) bond motifs is 1. The summed E-state index contributed by atoms with van der Waals surface area (Å²) in [6, 6.07) is 5.71. The third kappa shape index (κ3) is 3.11. The highest BCUT2D eigenvalue weighted by Gasteiger charge is 2.37. The van der Waals surface area contributed by atoms with Gasteiger partial charge in [0.25, 0.3) is 11.8 Å². The third-order valence-electron chi connectivity index (χ3n) is 4.19. The second kappa shape index (κ2) is 6.33. The topological polar surface area (TPSA) is 71.8 Å². The van der Waals surface area contributed by atoms with Crippen LogP contribution in [0.3, 0.4) is 0 Å². The lowest BCUT2D eigenvalue weighted by molar-refractivity contribution is -0.207. The number of aliphatic hydroxyl groups excluding tert-OH is 1. The summed E-state index contributed by atoms with van der Waals surface area (Å²) in [4.78, 5) is 25.8. The highest BCUT2D eigenvalue weighted by atomic mass is 79.9. The predicted molar refractivity (Wildman–Crippen MR) is 102 cm³/mol. The molecule has 1 N–H and O–H groups in total. The van der Waals surface area contributed by atoms with Crippen molar-refractivity contribution in [1.82, 2.24) is 9.47 Å². The van der Waals surface area contributed by atoms with Gasteiger partial charge in [0.1, 0.15) is 0 Å². The van der Waals surface area contributed by atoms with Crippen molar-refractivity contribution in [1.29, 1.82) is 0 Å². The number of halogens is 1. The molecule has 0 spiro atoms. The van der Waals surface area contributed by atoms with Crippen LogP contribution in [0.2, 0.25) is 0 Å². The molecular weight excluding hydrogens is 400 g/mol. The summed E-state index contributed by atoms with van der Waals surface area (Å²) in [6.45, 7) is 7.49. The standard InChI is InChI=1S/C19H21BrN2O4/c1-10-6-7-13-11(8-10)12(9-22(13)18(25)26-19(2,3)4)14-15(20)17(24)21(5)16(14)23/h6-9,18,25H,1-5H3. The number of rotatable bonds is 3. The zero-order valence-electron chi connectivity index (χ0n) is 15.3. The number of likely N-dealkylation sites (N-methyl/N-ethyl adjacent to an activating group) is 1. The molecule has 7 heteroatoms. The molecule has 0 saturated heterocycles. The van der Waals surface area contributed by atoms with E-state index in [4.69, 9.17) is 4.74 Å². The van der Waals surface area contributed by atoms with Gasteiger partial charge in [-0.25, -0.2) is 0 Å². The predicted octanol–water partition coefficient (Wildman–Crippen LogP) is 3.32. The number of nitrogens with zero attached hydrogens (tertiary/aromatic N) is 2. The number of hydrogen-bond acceptors (Lipinski definition) is 4. The Hall–Kier alpha value is -1.96. The van der Waals surface area contributed by atoms with Gasteiger partial charge in [0.2, 0.25) is 6.41 Å². The van der Waals surface area contributed by atoms with E-state index < -0.39 is 12.0 Å². The van der Waals surface area contributed by atoms with Crippen LogP contribution >= 0.6 is 15.9 Å². The van der Waals surface area contributed by atoms with Crippen molar-refractivity contribution in [3.05, 3.63) is 40.0 Å². The number of aliphatic hydroxyl groups is 1. The number of aryl methyl sites for hydroxylation is 1. The number of hydrogen-bond donors (Lipinski definition) is 1. The second-order valence-electron chi connectivity index (χ2n) is 7.39. The first-order chi connectivity index (χ1) is 12.0. The van der Waals surface area contributed by atoms with Crippen LogP contribution in [0.5, 0.6) is 0 Å². The molecule has 26 heavy (non-hydrogen) atoms. The van der Waals surface area contributed by atoms with Crippen LogP contribution in [0.4, 0.5) is 0 Å². The first kappa shape index (κ1) is 18.8. The quantitative estimate of drug-likeness (QED) is 0.610. The van der Waals surface area contributed by atoms with Gasteiger partial charge in [-0.15, -0.1) is 0 Å². The van der Waals surface area contributed by atoms with E-state index in [1.807, 2.05) is 45.9 Å². The van der Waals surface area contributed by atoms with E-state index in [1.54, 1.807) is 10.8 Å². The molecule has 0 saturated carbocycles. The monoisotopic (exact) mass is 420 g/mol. The third-order valence-corrected chi connectivity index (χ3v) is 4.92. The van der Waals surface area contributed by atoms with Gasteiger partial charge in [0.15, 0.2) is 0 Å². The molecule has 2 aromatic rings. The van der Waals surface area contributed by atoms with E-state index >= 15 is 0 Å². The molecule has 138 valence electrons. The number of carbonyl (C=O) groups excluding carboxylic acids is 2. The summed E-state index contributed by atoms with van der Waals surface area (Å²) in [5, 5.41) is 11.3. The van der Waals surface area contributed by atoms with Crippen molar-refractivity contribution in [3.8, 4) is 0 Å². The van der Waals surface area contributed by atoms with Gasteiger partial charge in [-0.2, -0.15) is 0 Å². The molecular formula is C19H21BrN2O4. The molecule has 1 aromatic carbocycles. The number of aromatic nitrogens is 1. The van der Waals surface area contributed by atoms with Crippen molar-refractivity contribution in [2.45, 2.75) is 39.7 Å². The molecule has 2 heterocycles. The molecule has 1 aliphatic heterocycles. The molecule has 0 aliphatic carbocycles. The maximum atomic E-state index is 12.6. The molecule has 0 bridgehead atoms. The molecule has 2 amide bonds. The molecule has 1 aromatic heterocycles. The minimum atomic E-state index is -1.22. The van der Waals surface area contributed by atoms with E-state index in [9.17, 15) is 14.7 Å². The van der Waals surface area contributed by atoms with E-state index in [1.165, 1.54) is 7.05 Å². The average molecular weight is 421 g/mol. The number of ether oxygens (including phenoxy) is 1. The fraction of sp³-hybridized carbons (Fsp3) is 0.368. The molecule has 6 nitrogen and oxygen atoms in total. The van der Waals surface area contributed by atoms with Gasteiger partial charge in [0, 0.05) is 24.2 Å². The van der Waals surface area contributed by atoms with Crippen LogP contribution in [0.25, 0.3) is 16.5 Å². The fourth-order valence-corrected chi connectivity index (χ4v) is 3.61. The van der Waals surface area contributed by atoms with Crippen LogP contribution in [0, 0.1) is 6.92 Å². The Morgan fingerprint density at radius 1 is 1.19 bits per heavy atom. The Kier molecular flexibility index (Phi) is 4.58. The Balaban J connectivity index is 2.23. The van der Waals surface area contributed by atoms with Gasteiger partial charge in [-0.05, 0) is 55.8 Å². The Morgan fingerprint density at radius 3 is 2.38 bits per heavy atom.